The van der Waals surface area contributed by atoms with E-state index in [4.69, 9.17) is 10.8 Å². The maximum Gasteiger partial charge on any atom is 0.393 e. The Bertz CT molecular complexity index is 216. The number of halogens is 3. The molecule has 1 rings (SSSR count). The molecular weight excluding hydrogens is 187 g/mol. The van der Waals surface area contributed by atoms with Gasteiger partial charge in [-0.1, -0.05) is 0 Å². The van der Waals surface area contributed by atoms with Crippen molar-refractivity contribution in [3.05, 3.63) is 0 Å². The Kier molecular flexibility index (Phi) is 2.51. The van der Waals surface area contributed by atoms with Gasteiger partial charge in [0.1, 0.15) is 0 Å². The largest absolute Gasteiger partial charge is 0.481 e. The van der Waals surface area contributed by atoms with E-state index in [-0.39, 0.29) is 12.8 Å². The van der Waals surface area contributed by atoms with Gasteiger partial charge in [0.25, 0.3) is 0 Å². The predicted octanol–water partition coefficient (Wildman–Crippen LogP) is 0.987. The van der Waals surface area contributed by atoms with Crippen LogP contribution >= 0.6 is 0 Å². The molecule has 0 aromatic heterocycles. The van der Waals surface area contributed by atoms with Gasteiger partial charge in [0.2, 0.25) is 0 Å². The molecule has 6 heteroatoms. The smallest absolute Gasteiger partial charge is 0.393 e. The predicted molar refractivity (Wildman–Crippen MR) is 37.9 cm³/mol. The highest BCUT2D eigenvalue weighted by molar-refractivity contribution is 5.66. The molecule has 1 aliphatic carbocycles. The van der Waals surface area contributed by atoms with E-state index in [1.54, 1.807) is 0 Å². The van der Waals surface area contributed by atoms with Gasteiger partial charge in [-0.05, 0) is 12.3 Å². The minimum absolute atomic E-state index is 0.0146. The fourth-order valence-electron chi connectivity index (χ4n) is 1.52. The zero-order valence-corrected chi connectivity index (χ0v) is 6.71. The minimum Gasteiger partial charge on any atom is -0.481 e. The summed E-state index contributed by atoms with van der Waals surface area (Å²) in [5, 5.41) is 8.24. The molecule has 0 heterocycles. The summed E-state index contributed by atoms with van der Waals surface area (Å²) in [5.41, 5.74) is 5.17. The first kappa shape index (κ1) is 10.3. The molecule has 3 nitrogen and oxygen atoms in total. The SMILES string of the molecule is NC1C(CCC(=O)O)C1C(F)(F)F. The van der Waals surface area contributed by atoms with Crippen LogP contribution in [-0.2, 0) is 4.79 Å². The number of carbonyl (C=O) groups is 1. The van der Waals surface area contributed by atoms with Crippen LogP contribution in [0.25, 0.3) is 0 Å². The Hall–Kier alpha value is -0.780. The molecule has 1 saturated carbocycles. The van der Waals surface area contributed by atoms with Crippen molar-refractivity contribution in [2.45, 2.75) is 25.1 Å². The van der Waals surface area contributed by atoms with Gasteiger partial charge in [-0.2, -0.15) is 13.2 Å². The van der Waals surface area contributed by atoms with Gasteiger partial charge in [-0.3, -0.25) is 4.79 Å². The topological polar surface area (TPSA) is 63.3 Å². The average Bonchev–Trinajstić information content (AvgIpc) is 2.55. The summed E-state index contributed by atoms with van der Waals surface area (Å²) in [7, 11) is 0. The lowest BCUT2D eigenvalue weighted by Gasteiger charge is -2.03. The van der Waals surface area contributed by atoms with Crippen molar-refractivity contribution in [3.8, 4) is 0 Å². The van der Waals surface area contributed by atoms with Crippen molar-refractivity contribution in [3.63, 3.8) is 0 Å². The standard InChI is InChI=1S/C7H10F3NO2/c8-7(9,10)5-3(6(5)11)1-2-4(12)13/h3,5-6H,1-2,11H2,(H,12,13). The molecule has 0 spiro atoms. The van der Waals surface area contributed by atoms with Gasteiger partial charge in [-0.15, -0.1) is 0 Å². The van der Waals surface area contributed by atoms with Gasteiger partial charge >= 0.3 is 12.1 Å². The lowest BCUT2D eigenvalue weighted by Crippen LogP contribution is -2.17. The number of carboxylic acids is 1. The van der Waals surface area contributed by atoms with E-state index in [0.29, 0.717) is 0 Å². The first-order valence-electron chi connectivity index (χ1n) is 3.88. The summed E-state index contributed by atoms with van der Waals surface area (Å²) in [4.78, 5) is 10.1. The van der Waals surface area contributed by atoms with Crippen LogP contribution in [0.5, 0.6) is 0 Å². The number of alkyl halides is 3. The maximum atomic E-state index is 12.0. The molecule has 0 amide bonds. The second-order valence-electron chi connectivity index (χ2n) is 3.24. The maximum absolute atomic E-state index is 12.0. The molecule has 0 saturated heterocycles. The van der Waals surface area contributed by atoms with Gasteiger partial charge in [0, 0.05) is 12.5 Å². The fraction of sp³-hybridized carbons (Fsp3) is 0.857. The summed E-state index contributed by atoms with van der Waals surface area (Å²) in [5.74, 6) is -3.28. The van der Waals surface area contributed by atoms with Crippen molar-refractivity contribution < 1.29 is 23.1 Å². The van der Waals surface area contributed by atoms with Gasteiger partial charge in [0.15, 0.2) is 0 Å². The van der Waals surface area contributed by atoms with E-state index in [2.05, 4.69) is 0 Å². The lowest BCUT2D eigenvalue weighted by atomic mass is 10.2. The number of rotatable bonds is 3. The number of carboxylic acid groups (broad SMARTS) is 1. The summed E-state index contributed by atoms with van der Waals surface area (Å²) >= 11 is 0. The molecule has 13 heavy (non-hydrogen) atoms. The Morgan fingerprint density at radius 3 is 2.31 bits per heavy atom. The molecule has 3 unspecified atom stereocenters. The Morgan fingerprint density at radius 2 is 2.00 bits per heavy atom. The van der Waals surface area contributed by atoms with E-state index in [9.17, 15) is 18.0 Å². The molecule has 3 N–H and O–H groups in total. The fourth-order valence-corrected chi connectivity index (χ4v) is 1.52. The summed E-state index contributed by atoms with van der Waals surface area (Å²) in [6.07, 6.45) is -4.51. The third kappa shape index (κ3) is 2.33. The van der Waals surface area contributed by atoms with Gasteiger partial charge in [-0.25, -0.2) is 0 Å². The van der Waals surface area contributed by atoms with Crippen molar-refractivity contribution in [2.75, 3.05) is 0 Å². The highest BCUT2D eigenvalue weighted by Crippen LogP contribution is 2.51. The lowest BCUT2D eigenvalue weighted by molar-refractivity contribution is -0.152. The summed E-state index contributed by atoms with van der Waals surface area (Å²) in [6, 6.07) is -0.903. The Morgan fingerprint density at radius 1 is 1.46 bits per heavy atom. The normalized spacial score (nSPS) is 33.1. The first-order chi connectivity index (χ1) is 5.84. The second-order valence-corrected chi connectivity index (χ2v) is 3.24. The minimum atomic E-state index is -4.28. The zero-order chi connectivity index (χ0) is 10.2. The number of hydrogen-bond acceptors (Lipinski definition) is 2. The van der Waals surface area contributed by atoms with Crippen LogP contribution in [0, 0.1) is 11.8 Å². The molecule has 0 bridgehead atoms. The quantitative estimate of drug-likeness (QED) is 0.709. The summed E-state index contributed by atoms with van der Waals surface area (Å²) in [6.45, 7) is 0. The highest BCUT2D eigenvalue weighted by Gasteiger charge is 2.62. The van der Waals surface area contributed by atoms with E-state index >= 15 is 0 Å². The molecule has 3 atom stereocenters. The third-order valence-corrected chi connectivity index (χ3v) is 2.30. The number of hydrogen-bond donors (Lipinski definition) is 2. The molecule has 0 aliphatic heterocycles. The van der Waals surface area contributed by atoms with E-state index in [1.807, 2.05) is 0 Å². The molecular formula is C7H10F3NO2. The van der Waals surface area contributed by atoms with Gasteiger partial charge in [0.05, 0.1) is 5.92 Å². The number of nitrogens with two attached hydrogens (primary N) is 1. The van der Waals surface area contributed by atoms with E-state index < -0.39 is 30.0 Å². The van der Waals surface area contributed by atoms with Crippen LogP contribution in [0.4, 0.5) is 13.2 Å². The third-order valence-electron chi connectivity index (χ3n) is 2.30. The van der Waals surface area contributed by atoms with Crippen molar-refractivity contribution in [1.82, 2.24) is 0 Å². The summed E-state index contributed by atoms with van der Waals surface area (Å²) < 4.78 is 36.1. The van der Waals surface area contributed by atoms with Crippen LogP contribution in [-0.4, -0.2) is 23.3 Å². The molecule has 0 aromatic rings. The van der Waals surface area contributed by atoms with E-state index in [1.165, 1.54) is 0 Å². The van der Waals surface area contributed by atoms with Crippen molar-refractivity contribution in [1.29, 1.82) is 0 Å². The van der Waals surface area contributed by atoms with Crippen LogP contribution in [0.1, 0.15) is 12.8 Å². The van der Waals surface area contributed by atoms with Crippen molar-refractivity contribution in [2.24, 2.45) is 17.6 Å². The van der Waals surface area contributed by atoms with Crippen LogP contribution in [0.2, 0.25) is 0 Å². The van der Waals surface area contributed by atoms with Gasteiger partial charge < -0.3 is 10.8 Å². The van der Waals surface area contributed by atoms with E-state index in [0.717, 1.165) is 0 Å². The van der Waals surface area contributed by atoms with Crippen LogP contribution < -0.4 is 5.73 Å². The zero-order valence-electron chi connectivity index (χ0n) is 6.71. The molecule has 0 radical (unpaired) electrons. The monoisotopic (exact) mass is 197 g/mol. The Balaban J connectivity index is 2.36. The second kappa shape index (κ2) is 3.17. The Labute approximate surface area is 72.7 Å². The first-order valence-corrected chi connectivity index (χ1v) is 3.88. The highest BCUT2D eigenvalue weighted by atomic mass is 19.4. The number of aliphatic carboxylic acids is 1. The van der Waals surface area contributed by atoms with Crippen molar-refractivity contribution >= 4 is 5.97 Å². The molecule has 1 aliphatic rings. The van der Waals surface area contributed by atoms with Crippen LogP contribution in [0.15, 0.2) is 0 Å². The average molecular weight is 197 g/mol. The molecule has 0 aromatic carbocycles. The van der Waals surface area contributed by atoms with Crippen LogP contribution in [0.3, 0.4) is 0 Å². The molecule has 76 valence electrons. The molecule has 1 fully saturated rings.